The van der Waals surface area contributed by atoms with Crippen LogP contribution < -0.4 is 5.56 Å². The molecular weight excluding hydrogens is 314 g/mol. The number of H-pyrrole nitrogens is 1. The van der Waals surface area contributed by atoms with Crippen molar-refractivity contribution in [2.75, 3.05) is 13.1 Å². The average Bonchev–Trinajstić information content (AvgIpc) is 2.53. The van der Waals surface area contributed by atoms with Crippen LogP contribution in [-0.4, -0.2) is 32.3 Å². The van der Waals surface area contributed by atoms with Crippen LogP contribution in [0.1, 0.15) is 30.7 Å². The van der Waals surface area contributed by atoms with Gasteiger partial charge in [0, 0.05) is 18.8 Å². The molecule has 22 heavy (non-hydrogen) atoms. The number of thiocarbonyl (C=S) groups is 1. The van der Waals surface area contributed by atoms with Crippen molar-refractivity contribution < 1.29 is 0 Å². The standard InChI is InChI=1S/C16H19N3OS2/c1-11-17-14-6-5-12(9-13(14)15(20)18-11)10-22-16(21)19-7-3-2-4-8-19/h5-6,9H,2-4,7-8,10H2,1H3,(H,17,18,20). The highest BCUT2D eigenvalue weighted by Crippen LogP contribution is 2.21. The van der Waals surface area contributed by atoms with Crippen LogP contribution >= 0.6 is 24.0 Å². The highest BCUT2D eigenvalue weighted by Gasteiger charge is 2.13. The van der Waals surface area contributed by atoms with Gasteiger partial charge in [-0.05, 0) is 43.9 Å². The van der Waals surface area contributed by atoms with Gasteiger partial charge in [0.25, 0.3) is 5.56 Å². The molecule has 4 nitrogen and oxygen atoms in total. The molecule has 0 aliphatic carbocycles. The number of nitrogens with zero attached hydrogens (tertiary/aromatic N) is 2. The molecule has 0 unspecified atom stereocenters. The molecule has 1 fully saturated rings. The SMILES string of the molecule is Cc1nc2ccc(CSC(=S)N3CCCCC3)cc2c(=O)[nH]1. The lowest BCUT2D eigenvalue weighted by atomic mass is 10.1. The smallest absolute Gasteiger partial charge is 0.258 e. The molecule has 0 spiro atoms. The van der Waals surface area contributed by atoms with Gasteiger partial charge in [0.05, 0.1) is 10.9 Å². The topological polar surface area (TPSA) is 49.0 Å². The quantitative estimate of drug-likeness (QED) is 0.855. The van der Waals surface area contributed by atoms with Crippen LogP contribution in [-0.2, 0) is 5.75 Å². The van der Waals surface area contributed by atoms with E-state index in [9.17, 15) is 4.79 Å². The minimum absolute atomic E-state index is 0.0760. The lowest BCUT2D eigenvalue weighted by Gasteiger charge is -2.28. The van der Waals surface area contributed by atoms with Crippen LogP contribution in [0.25, 0.3) is 10.9 Å². The predicted octanol–water partition coefficient (Wildman–Crippen LogP) is 3.24. The number of hydrogen-bond acceptors (Lipinski definition) is 4. The summed E-state index contributed by atoms with van der Waals surface area (Å²) in [5.41, 5.74) is 1.77. The van der Waals surface area contributed by atoms with E-state index in [2.05, 4.69) is 14.9 Å². The molecule has 0 saturated carbocycles. The molecule has 0 bridgehead atoms. The van der Waals surface area contributed by atoms with Gasteiger partial charge in [-0.15, -0.1) is 0 Å². The number of aryl methyl sites for hydroxylation is 1. The van der Waals surface area contributed by atoms with E-state index in [4.69, 9.17) is 12.2 Å². The number of benzene rings is 1. The van der Waals surface area contributed by atoms with Crippen molar-refractivity contribution in [1.29, 1.82) is 0 Å². The molecule has 3 rings (SSSR count). The zero-order valence-electron chi connectivity index (χ0n) is 12.6. The summed E-state index contributed by atoms with van der Waals surface area (Å²) < 4.78 is 0.968. The highest BCUT2D eigenvalue weighted by molar-refractivity contribution is 8.22. The molecule has 1 aliphatic rings. The fourth-order valence-corrected chi connectivity index (χ4v) is 3.90. The van der Waals surface area contributed by atoms with E-state index in [0.717, 1.165) is 34.2 Å². The Morgan fingerprint density at radius 2 is 2.14 bits per heavy atom. The minimum Gasteiger partial charge on any atom is -0.358 e. The van der Waals surface area contributed by atoms with Crippen molar-refractivity contribution in [3.63, 3.8) is 0 Å². The first kappa shape index (κ1) is 15.5. The van der Waals surface area contributed by atoms with Gasteiger partial charge in [-0.25, -0.2) is 4.98 Å². The molecule has 1 aromatic heterocycles. The normalized spacial score (nSPS) is 15.2. The predicted molar refractivity (Wildman–Crippen MR) is 96.4 cm³/mol. The molecule has 0 atom stereocenters. The van der Waals surface area contributed by atoms with Gasteiger partial charge >= 0.3 is 0 Å². The van der Waals surface area contributed by atoms with E-state index in [1.807, 2.05) is 18.2 Å². The summed E-state index contributed by atoms with van der Waals surface area (Å²) >= 11 is 7.20. The van der Waals surface area contributed by atoms with Crippen LogP contribution in [0.15, 0.2) is 23.0 Å². The van der Waals surface area contributed by atoms with E-state index < -0.39 is 0 Å². The maximum Gasteiger partial charge on any atom is 0.258 e. The lowest BCUT2D eigenvalue weighted by Crippen LogP contribution is -2.32. The van der Waals surface area contributed by atoms with Gasteiger partial charge in [0.1, 0.15) is 10.1 Å². The Balaban J connectivity index is 1.71. The summed E-state index contributed by atoms with van der Waals surface area (Å²) in [5, 5.41) is 0.646. The van der Waals surface area contributed by atoms with Gasteiger partial charge in [0.15, 0.2) is 0 Å². The number of thioether (sulfide) groups is 1. The summed E-state index contributed by atoms with van der Waals surface area (Å²) in [6.45, 7) is 3.94. The van der Waals surface area contributed by atoms with Crippen molar-refractivity contribution in [3.8, 4) is 0 Å². The fourth-order valence-electron chi connectivity index (χ4n) is 2.71. The first-order chi connectivity index (χ1) is 10.6. The van der Waals surface area contributed by atoms with Gasteiger partial charge < -0.3 is 9.88 Å². The molecule has 0 amide bonds. The molecule has 116 valence electrons. The number of aromatic nitrogens is 2. The van der Waals surface area contributed by atoms with Gasteiger partial charge in [0.2, 0.25) is 0 Å². The van der Waals surface area contributed by atoms with Gasteiger partial charge in [-0.3, -0.25) is 4.79 Å². The second kappa shape index (κ2) is 6.79. The summed E-state index contributed by atoms with van der Waals surface area (Å²) in [5.74, 6) is 1.43. The molecule has 1 aliphatic heterocycles. The molecule has 2 heterocycles. The Morgan fingerprint density at radius 1 is 1.36 bits per heavy atom. The van der Waals surface area contributed by atoms with E-state index in [-0.39, 0.29) is 5.56 Å². The van der Waals surface area contributed by atoms with Crippen molar-refractivity contribution in [3.05, 3.63) is 39.9 Å². The maximum atomic E-state index is 12.0. The lowest BCUT2D eigenvalue weighted by molar-refractivity contribution is 0.352. The van der Waals surface area contributed by atoms with Crippen LogP contribution in [0, 0.1) is 6.92 Å². The summed E-state index contributed by atoms with van der Waals surface area (Å²) in [6.07, 6.45) is 3.78. The Kier molecular flexibility index (Phi) is 4.78. The molecule has 0 radical (unpaired) electrons. The summed E-state index contributed by atoms with van der Waals surface area (Å²) in [7, 11) is 0. The average molecular weight is 333 g/mol. The molecule has 2 aromatic rings. The molecular formula is C16H19N3OS2. The number of aromatic amines is 1. The minimum atomic E-state index is -0.0760. The number of hydrogen-bond donors (Lipinski definition) is 1. The van der Waals surface area contributed by atoms with E-state index in [0.29, 0.717) is 11.2 Å². The molecule has 1 saturated heterocycles. The number of likely N-dealkylation sites (tertiary alicyclic amines) is 1. The maximum absolute atomic E-state index is 12.0. The third-order valence-electron chi connectivity index (χ3n) is 3.86. The van der Waals surface area contributed by atoms with Crippen molar-refractivity contribution in [1.82, 2.24) is 14.9 Å². The second-order valence-corrected chi connectivity index (χ2v) is 7.21. The molecule has 6 heteroatoms. The highest BCUT2D eigenvalue weighted by atomic mass is 32.2. The third-order valence-corrected chi connectivity index (χ3v) is 5.46. The largest absolute Gasteiger partial charge is 0.358 e. The zero-order valence-corrected chi connectivity index (χ0v) is 14.2. The Bertz CT molecular complexity index is 751. The van der Waals surface area contributed by atoms with Crippen LogP contribution in [0.4, 0.5) is 0 Å². The Hall–Kier alpha value is -1.40. The number of piperidine rings is 1. The van der Waals surface area contributed by atoms with Crippen LogP contribution in [0.3, 0.4) is 0 Å². The first-order valence-corrected chi connectivity index (χ1v) is 8.94. The Morgan fingerprint density at radius 3 is 2.91 bits per heavy atom. The van der Waals surface area contributed by atoms with Crippen molar-refractivity contribution >= 4 is 39.2 Å². The summed E-state index contributed by atoms with van der Waals surface area (Å²) in [4.78, 5) is 21.4. The van der Waals surface area contributed by atoms with E-state index in [1.165, 1.54) is 19.3 Å². The first-order valence-electron chi connectivity index (χ1n) is 7.55. The third kappa shape index (κ3) is 3.50. The monoisotopic (exact) mass is 333 g/mol. The molecule has 1 aromatic carbocycles. The van der Waals surface area contributed by atoms with Crippen LogP contribution in [0.2, 0.25) is 0 Å². The summed E-state index contributed by atoms with van der Waals surface area (Å²) in [6, 6.07) is 5.86. The number of fused-ring (bicyclic) bond motifs is 1. The van der Waals surface area contributed by atoms with E-state index >= 15 is 0 Å². The molecule has 1 N–H and O–H groups in total. The Labute approximate surface area is 139 Å². The zero-order chi connectivity index (χ0) is 15.5. The van der Waals surface area contributed by atoms with Crippen molar-refractivity contribution in [2.24, 2.45) is 0 Å². The number of rotatable bonds is 2. The number of nitrogens with one attached hydrogen (secondary N) is 1. The van der Waals surface area contributed by atoms with E-state index in [1.54, 1.807) is 18.7 Å². The fraction of sp³-hybridized carbons (Fsp3) is 0.438. The van der Waals surface area contributed by atoms with Crippen LogP contribution in [0.5, 0.6) is 0 Å². The second-order valence-electron chi connectivity index (χ2n) is 5.61. The van der Waals surface area contributed by atoms with Gasteiger partial charge in [-0.2, -0.15) is 0 Å². The van der Waals surface area contributed by atoms with Gasteiger partial charge in [-0.1, -0.05) is 30.0 Å². The van der Waals surface area contributed by atoms with Crippen molar-refractivity contribution in [2.45, 2.75) is 31.9 Å².